The van der Waals surface area contributed by atoms with Crippen LogP contribution in [0.15, 0.2) is 52.5 Å². The van der Waals surface area contributed by atoms with Gasteiger partial charge in [0.05, 0.1) is 12.3 Å². The molecule has 0 bridgehead atoms. The minimum Gasteiger partial charge on any atom is -0.491 e. The fraction of sp³-hybridized carbons (Fsp3) is 0.385. The summed E-state index contributed by atoms with van der Waals surface area (Å²) < 4.78 is 11.4. The van der Waals surface area contributed by atoms with Crippen molar-refractivity contribution in [2.45, 2.75) is 33.2 Å². The Kier molecular flexibility index (Phi) is 7.63. The molecule has 3 aromatic rings. The van der Waals surface area contributed by atoms with E-state index in [1.807, 2.05) is 43.9 Å². The van der Waals surface area contributed by atoms with E-state index in [1.165, 1.54) is 11.1 Å². The number of hydrogen-bond acceptors (Lipinski definition) is 5. The van der Waals surface area contributed by atoms with Gasteiger partial charge in [-0.2, -0.15) is 0 Å². The zero-order valence-electron chi connectivity index (χ0n) is 19.6. The maximum atomic E-state index is 13.5. The van der Waals surface area contributed by atoms with Crippen molar-refractivity contribution in [2.75, 3.05) is 26.2 Å². The first-order valence-corrected chi connectivity index (χ1v) is 12.7. The molecule has 1 aliphatic heterocycles. The number of benzene rings is 1. The Bertz CT molecular complexity index is 1140. The lowest BCUT2D eigenvalue weighted by Gasteiger charge is -2.37. The Hall–Kier alpha value is -2.77. The minimum absolute atomic E-state index is 0.00621. The Morgan fingerprint density at radius 3 is 2.82 bits per heavy atom. The molecule has 6 nitrogen and oxygen atoms in total. The summed E-state index contributed by atoms with van der Waals surface area (Å²) in [5, 5.41) is 2.75. The lowest BCUT2D eigenvalue weighted by atomic mass is 10.00. The van der Waals surface area contributed by atoms with Gasteiger partial charge in [-0.1, -0.05) is 25.4 Å². The predicted molar refractivity (Wildman–Crippen MR) is 134 cm³/mol. The van der Waals surface area contributed by atoms with Crippen molar-refractivity contribution in [3.05, 3.63) is 74.8 Å². The van der Waals surface area contributed by atoms with Crippen molar-refractivity contribution in [3.8, 4) is 5.75 Å². The van der Waals surface area contributed by atoms with Crippen molar-refractivity contribution in [1.82, 2.24) is 9.80 Å². The third-order valence-corrected chi connectivity index (χ3v) is 7.30. The Balaban J connectivity index is 1.53. The third-order valence-electron chi connectivity index (χ3n) is 5.88. The summed E-state index contributed by atoms with van der Waals surface area (Å²) in [4.78, 5) is 31.2. The number of rotatable bonds is 8. The smallest absolute Gasteiger partial charge is 0.290 e. The lowest BCUT2D eigenvalue weighted by molar-refractivity contribution is -0.135. The summed E-state index contributed by atoms with van der Waals surface area (Å²) in [6.45, 7) is 7.35. The number of fused-ring (bicyclic) bond motifs is 1. The molecule has 0 N–H and O–H groups in total. The molecule has 1 aromatic carbocycles. The maximum Gasteiger partial charge on any atom is 0.290 e. The molecule has 0 saturated heterocycles. The van der Waals surface area contributed by atoms with Crippen molar-refractivity contribution >= 4 is 34.8 Å². The standard InChI is InChI=1S/C26H29ClN2O4S/c1-17(2)14-28(26(31)23-5-4-11-32-23)15-25(30)29-10-8-24-20(9-12-34-24)22(29)16-33-19-6-7-21(27)18(3)13-19/h4-7,9,11-13,17,22H,8,10,14-16H2,1-3H3/t22-/m0/s1. The highest BCUT2D eigenvalue weighted by atomic mass is 35.5. The average molecular weight is 501 g/mol. The van der Waals surface area contributed by atoms with Crippen LogP contribution >= 0.6 is 22.9 Å². The minimum atomic E-state index is -0.273. The van der Waals surface area contributed by atoms with Crippen LogP contribution in [0.1, 0.15) is 46.4 Å². The molecule has 1 aliphatic rings. The molecule has 3 heterocycles. The van der Waals surface area contributed by atoms with E-state index < -0.39 is 0 Å². The van der Waals surface area contributed by atoms with Gasteiger partial charge >= 0.3 is 0 Å². The fourth-order valence-corrected chi connectivity index (χ4v) is 5.27. The second kappa shape index (κ2) is 10.7. The van der Waals surface area contributed by atoms with E-state index >= 15 is 0 Å². The van der Waals surface area contributed by atoms with Gasteiger partial charge in [-0.3, -0.25) is 9.59 Å². The monoisotopic (exact) mass is 500 g/mol. The van der Waals surface area contributed by atoms with E-state index in [2.05, 4.69) is 11.4 Å². The maximum absolute atomic E-state index is 13.5. The average Bonchev–Trinajstić information content (AvgIpc) is 3.50. The number of ether oxygens (including phenoxy) is 1. The molecule has 180 valence electrons. The highest BCUT2D eigenvalue weighted by molar-refractivity contribution is 7.10. The number of carbonyl (C=O) groups is 2. The first-order valence-electron chi connectivity index (χ1n) is 11.4. The molecular weight excluding hydrogens is 472 g/mol. The number of amides is 2. The van der Waals surface area contributed by atoms with Crippen LogP contribution in [0, 0.1) is 12.8 Å². The normalized spacial score (nSPS) is 15.3. The van der Waals surface area contributed by atoms with Gasteiger partial charge in [0.1, 0.15) is 18.9 Å². The molecule has 34 heavy (non-hydrogen) atoms. The molecular formula is C26H29ClN2O4S. The predicted octanol–water partition coefficient (Wildman–Crippen LogP) is 5.61. The van der Waals surface area contributed by atoms with Crippen molar-refractivity contribution < 1.29 is 18.7 Å². The molecule has 0 radical (unpaired) electrons. The molecule has 8 heteroatoms. The van der Waals surface area contributed by atoms with Crippen LogP contribution in [0.25, 0.3) is 0 Å². The highest BCUT2D eigenvalue weighted by Gasteiger charge is 2.34. The van der Waals surface area contributed by atoms with Crippen LogP contribution < -0.4 is 4.74 Å². The zero-order valence-corrected chi connectivity index (χ0v) is 21.2. The largest absolute Gasteiger partial charge is 0.491 e. The lowest BCUT2D eigenvalue weighted by Crippen LogP contribution is -2.48. The summed E-state index contributed by atoms with van der Waals surface area (Å²) in [5.41, 5.74) is 2.05. The van der Waals surface area contributed by atoms with E-state index in [4.69, 9.17) is 20.8 Å². The van der Waals surface area contributed by atoms with E-state index in [0.717, 1.165) is 17.5 Å². The van der Waals surface area contributed by atoms with E-state index in [1.54, 1.807) is 28.4 Å². The molecule has 2 aromatic heterocycles. The summed E-state index contributed by atoms with van der Waals surface area (Å²) in [7, 11) is 0. The molecule has 1 atom stereocenters. The first-order chi connectivity index (χ1) is 16.3. The molecule has 2 amide bonds. The molecule has 0 aliphatic carbocycles. The number of thiophene rings is 1. The summed E-state index contributed by atoms with van der Waals surface area (Å²) in [5.74, 6) is 0.795. The third kappa shape index (κ3) is 5.47. The fourth-order valence-electron chi connectivity index (χ4n) is 4.23. The number of hydrogen-bond donors (Lipinski definition) is 0. The van der Waals surface area contributed by atoms with Gasteiger partial charge in [0.2, 0.25) is 5.91 Å². The number of carbonyl (C=O) groups excluding carboxylic acids is 2. The van der Waals surface area contributed by atoms with E-state index in [9.17, 15) is 9.59 Å². The quantitative estimate of drug-likeness (QED) is 0.403. The first kappa shape index (κ1) is 24.4. The van der Waals surface area contributed by atoms with E-state index in [0.29, 0.717) is 30.5 Å². The number of furan rings is 1. The van der Waals surface area contributed by atoms with Crippen molar-refractivity contribution in [2.24, 2.45) is 5.92 Å². The Morgan fingerprint density at radius 1 is 1.29 bits per heavy atom. The van der Waals surface area contributed by atoms with Crippen molar-refractivity contribution in [3.63, 3.8) is 0 Å². The summed E-state index contributed by atoms with van der Waals surface area (Å²) in [6, 6.07) is 10.7. The highest BCUT2D eigenvalue weighted by Crippen LogP contribution is 2.34. The summed E-state index contributed by atoms with van der Waals surface area (Å²) in [6.07, 6.45) is 2.27. The van der Waals surface area contributed by atoms with Gasteiger partial charge in [0, 0.05) is 23.0 Å². The van der Waals surface area contributed by atoms with Gasteiger partial charge in [-0.05, 0) is 72.2 Å². The number of nitrogens with zero attached hydrogens (tertiary/aromatic N) is 2. The number of halogens is 1. The van der Waals surface area contributed by atoms with Crippen LogP contribution in [0.5, 0.6) is 5.75 Å². The topological polar surface area (TPSA) is 63.0 Å². The van der Waals surface area contributed by atoms with Crippen LogP contribution in [0.3, 0.4) is 0 Å². The van der Waals surface area contributed by atoms with Crippen LogP contribution in [0.4, 0.5) is 0 Å². The Morgan fingerprint density at radius 2 is 2.12 bits per heavy atom. The zero-order chi connectivity index (χ0) is 24.2. The molecule has 0 spiro atoms. The number of aryl methyl sites for hydroxylation is 1. The molecule has 0 unspecified atom stereocenters. The van der Waals surface area contributed by atoms with Gasteiger partial charge in [0.25, 0.3) is 5.91 Å². The molecule has 0 saturated carbocycles. The second-order valence-electron chi connectivity index (χ2n) is 8.93. The SMILES string of the molecule is Cc1cc(OC[C@H]2c3ccsc3CCN2C(=O)CN(CC(C)C)C(=O)c2ccco2)ccc1Cl. The van der Waals surface area contributed by atoms with Gasteiger partial charge in [0.15, 0.2) is 5.76 Å². The molecule has 0 fully saturated rings. The van der Waals surface area contributed by atoms with Gasteiger partial charge in [-0.15, -0.1) is 11.3 Å². The Labute approximate surface area is 209 Å². The van der Waals surface area contributed by atoms with Crippen molar-refractivity contribution in [1.29, 1.82) is 0 Å². The van der Waals surface area contributed by atoms with E-state index in [-0.39, 0.29) is 36.1 Å². The van der Waals surface area contributed by atoms with Crippen LogP contribution in [-0.2, 0) is 11.2 Å². The van der Waals surface area contributed by atoms with Crippen LogP contribution in [0.2, 0.25) is 5.02 Å². The molecule has 4 rings (SSSR count). The van der Waals surface area contributed by atoms with Gasteiger partial charge in [-0.25, -0.2) is 0 Å². The van der Waals surface area contributed by atoms with Crippen LogP contribution in [-0.4, -0.2) is 47.9 Å². The van der Waals surface area contributed by atoms with Gasteiger partial charge < -0.3 is 19.0 Å². The summed E-state index contributed by atoms with van der Waals surface area (Å²) >= 11 is 7.85. The second-order valence-corrected chi connectivity index (χ2v) is 10.3.